The fraction of sp³-hybridized carbons (Fsp3) is 0.778. The third-order valence-electron chi connectivity index (χ3n) is 5.28. The molecular formula is C18H30N2S. The Morgan fingerprint density at radius 1 is 1.38 bits per heavy atom. The highest BCUT2D eigenvalue weighted by Gasteiger charge is 2.39. The van der Waals surface area contributed by atoms with Gasteiger partial charge in [-0.25, -0.2) is 0 Å². The molecule has 2 fully saturated rings. The summed E-state index contributed by atoms with van der Waals surface area (Å²) in [6.45, 7) is 6.10. The lowest BCUT2D eigenvalue weighted by Crippen LogP contribution is -2.46. The number of nitrogens with zero attached hydrogens (tertiary/aromatic N) is 1. The second-order valence-electron chi connectivity index (χ2n) is 7.45. The zero-order valence-corrected chi connectivity index (χ0v) is 14.4. The molecule has 2 nitrogen and oxygen atoms in total. The maximum absolute atomic E-state index is 3.50. The quantitative estimate of drug-likeness (QED) is 0.815. The highest BCUT2D eigenvalue weighted by atomic mass is 32.1. The monoisotopic (exact) mass is 306 g/mol. The molecule has 0 spiro atoms. The summed E-state index contributed by atoms with van der Waals surface area (Å²) in [5, 5.41) is 5.71. The van der Waals surface area contributed by atoms with E-state index in [2.05, 4.69) is 41.7 Å². The molecule has 0 aromatic carbocycles. The van der Waals surface area contributed by atoms with Gasteiger partial charge in [-0.3, -0.25) is 4.90 Å². The summed E-state index contributed by atoms with van der Waals surface area (Å²) in [5.74, 6) is 0.898. The van der Waals surface area contributed by atoms with Crippen LogP contribution in [0.15, 0.2) is 17.5 Å². The van der Waals surface area contributed by atoms with E-state index in [0.29, 0.717) is 5.41 Å². The maximum atomic E-state index is 3.50. The van der Waals surface area contributed by atoms with Gasteiger partial charge in [0.25, 0.3) is 0 Å². The standard InChI is InChI=1S/C18H30N2S/c1-15-5-3-9-18(11-15,13-19-2)14-20(16-7-8-16)12-17-6-4-10-21-17/h4,6,10,15-16,19H,3,5,7-9,11-14H2,1-2H3. The highest BCUT2D eigenvalue weighted by Crippen LogP contribution is 2.42. The average Bonchev–Trinajstić information content (AvgIpc) is 3.17. The van der Waals surface area contributed by atoms with Gasteiger partial charge in [0.1, 0.15) is 0 Å². The molecule has 0 saturated heterocycles. The second kappa shape index (κ2) is 6.80. The molecule has 118 valence electrons. The van der Waals surface area contributed by atoms with Crippen molar-refractivity contribution in [3.05, 3.63) is 22.4 Å². The van der Waals surface area contributed by atoms with E-state index in [-0.39, 0.29) is 0 Å². The molecule has 2 unspecified atom stereocenters. The fourth-order valence-electron chi connectivity index (χ4n) is 4.29. The maximum Gasteiger partial charge on any atom is 0.0331 e. The third-order valence-corrected chi connectivity index (χ3v) is 6.14. The lowest BCUT2D eigenvalue weighted by Gasteiger charge is -2.43. The SMILES string of the molecule is CNCC1(CN(Cc2cccs2)C2CC2)CCCC(C)C1. The Balaban J connectivity index is 1.69. The molecule has 0 bridgehead atoms. The van der Waals surface area contributed by atoms with Crippen LogP contribution in [0.25, 0.3) is 0 Å². The van der Waals surface area contributed by atoms with Crippen molar-refractivity contribution in [1.82, 2.24) is 10.2 Å². The van der Waals surface area contributed by atoms with E-state index in [4.69, 9.17) is 0 Å². The minimum absolute atomic E-state index is 0.506. The van der Waals surface area contributed by atoms with Gasteiger partial charge in [0.2, 0.25) is 0 Å². The Morgan fingerprint density at radius 3 is 2.86 bits per heavy atom. The van der Waals surface area contributed by atoms with E-state index < -0.39 is 0 Å². The van der Waals surface area contributed by atoms with Crippen LogP contribution in [0, 0.1) is 11.3 Å². The summed E-state index contributed by atoms with van der Waals surface area (Å²) < 4.78 is 0. The molecule has 1 N–H and O–H groups in total. The van der Waals surface area contributed by atoms with Crippen LogP contribution in [-0.4, -0.2) is 31.1 Å². The Kier molecular flexibility index (Phi) is 5.03. The van der Waals surface area contributed by atoms with Gasteiger partial charge in [-0.15, -0.1) is 11.3 Å². The van der Waals surface area contributed by atoms with Gasteiger partial charge in [0.05, 0.1) is 0 Å². The van der Waals surface area contributed by atoms with Crippen LogP contribution >= 0.6 is 11.3 Å². The van der Waals surface area contributed by atoms with Gasteiger partial charge in [0.15, 0.2) is 0 Å². The molecule has 1 aromatic rings. The van der Waals surface area contributed by atoms with Gasteiger partial charge in [-0.1, -0.05) is 25.8 Å². The highest BCUT2D eigenvalue weighted by molar-refractivity contribution is 7.09. The molecule has 21 heavy (non-hydrogen) atoms. The predicted molar refractivity (Wildman–Crippen MR) is 91.7 cm³/mol. The molecule has 3 rings (SSSR count). The van der Waals surface area contributed by atoms with E-state index in [1.54, 1.807) is 0 Å². The van der Waals surface area contributed by atoms with Crippen molar-refractivity contribution in [3.63, 3.8) is 0 Å². The van der Waals surface area contributed by atoms with Crippen LogP contribution in [0.3, 0.4) is 0 Å². The molecule has 1 heterocycles. The van der Waals surface area contributed by atoms with E-state index in [0.717, 1.165) is 12.0 Å². The van der Waals surface area contributed by atoms with Crippen molar-refractivity contribution < 1.29 is 0 Å². The van der Waals surface area contributed by atoms with Crippen molar-refractivity contribution in [2.45, 2.75) is 58.0 Å². The first-order valence-electron chi connectivity index (χ1n) is 8.62. The molecule has 0 aliphatic heterocycles. The first-order chi connectivity index (χ1) is 10.2. The lowest BCUT2D eigenvalue weighted by atomic mass is 9.69. The Bertz CT molecular complexity index is 422. The van der Waals surface area contributed by atoms with Gasteiger partial charge in [-0.2, -0.15) is 0 Å². The molecule has 0 radical (unpaired) electrons. The summed E-state index contributed by atoms with van der Waals surface area (Å²) in [6, 6.07) is 5.35. The molecular weight excluding hydrogens is 276 g/mol. The third kappa shape index (κ3) is 4.08. The molecule has 1 aromatic heterocycles. The van der Waals surface area contributed by atoms with Gasteiger partial charge in [0, 0.05) is 30.6 Å². The summed E-state index contributed by atoms with van der Waals surface area (Å²) in [5.41, 5.74) is 0.506. The Labute approximate surface area is 133 Å². The first-order valence-corrected chi connectivity index (χ1v) is 9.50. The van der Waals surface area contributed by atoms with Crippen molar-refractivity contribution in [2.75, 3.05) is 20.1 Å². The van der Waals surface area contributed by atoms with Gasteiger partial charge >= 0.3 is 0 Å². The smallest absolute Gasteiger partial charge is 0.0331 e. The van der Waals surface area contributed by atoms with Crippen LogP contribution in [0.4, 0.5) is 0 Å². The van der Waals surface area contributed by atoms with E-state index in [9.17, 15) is 0 Å². The average molecular weight is 307 g/mol. The summed E-state index contributed by atoms with van der Waals surface area (Å²) >= 11 is 1.91. The lowest BCUT2D eigenvalue weighted by molar-refractivity contribution is 0.0742. The van der Waals surface area contributed by atoms with Crippen molar-refractivity contribution in [1.29, 1.82) is 0 Å². The van der Waals surface area contributed by atoms with Crippen molar-refractivity contribution >= 4 is 11.3 Å². The Hall–Kier alpha value is -0.380. The van der Waals surface area contributed by atoms with Crippen LogP contribution in [0.1, 0.15) is 50.3 Å². The van der Waals surface area contributed by atoms with E-state index >= 15 is 0 Å². The minimum Gasteiger partial charge on any atom is -0.319 e. The topological polar surface area (TPSA) is 15.3 Å². The normalized spacial score (nSPS) is 30.0. The Morgan fingerprint density at radius 2 is 2.24 bits per heavy atom. The van der Waals surface area contributed by atoms with E-state index in [1.165, 1.54) is 63.0 Å². The number of thiophene rings is 1. The molecule has 2 saturated carbocycles. The summed E-state index contributed by atoms with van der Waals surface area (Å²) in [4.78, 5) is 4.33. The fourth-order valence-corrected chi connectivity index (χ4v) is 5.02. The van der Waals surface area contributed by atoms with Gasteiger partial charge in [-0.05, 0) is 55.5 Å². The molecule has 0 amide bonds. The molecule has 2 aliphatic rings. The van der Waals surface area contributed by atoms with Crippen LogP contribution in [-0.2, 0) is 6.54 Å². The van der Waals surface area contributed by atoms with Crippen LogP contribution in [0.2, 0.25) is 0 Å². The largest absolute Gasteiger partial charge is 0.319 e. The van der Waals surface area contributed by atoms with Crippen molar-refractivity contribution in [3.8, 4) is 0 Å². The van der Waals surface area contributed by atoms with Crippen LogP contribution < -0.4 is 5.32 Å². The minimum atomic E-state index is 0.506. The number of hydrogen-bond donors (Lipinski definition) is 1. The zero-order valence-electron chi connectivity index (χ0n) is 13.6. The second-order valence-corrected chi connectivity index (χ2v) is 8.48. The number of rotatable bonds is 7. The van der Waals surface area contributed by atoms with Crippen LogP contribution in [0.5, 0.6) is 0 Å². The zero-order chi connectivity index (χ0) is 14.7. The molecule has 2 atom stereocenters. The molecule has 2 aliphatic carbocycles. The van der Waals surface area contributed by atoms with Gasteiger partial charge < -0.3 is 5.32 Å². The molecule has 3 heteroatoms. The summed E-state index contributed by atoms with van der Waals surface area (Å²) in [6.07, 6.45) is 8.49. The number of nitrogens with one attached hydrogen (secondary N) is 1. The predicted octanol–water partition coefficient (Wildman–Crippen LogP) is 4.13. The van der Waals surface area contributed by atoms with E-state index in [1.807, 2.05) is 11.3 Å². The van der Waals surface area contributed by atoms with Crippen molar-refractivity contribution in [2.24, 2.45) is 11.3 Å². The first kappa shape index (κ1) is 15.5. The summed E-state index contributed by atoms with van der Waals surface area (Å²) in [7, 11) is 2.13. The number of hydrogen-bond acceptors (Lipinski definition) is 3.